The molecule has 1 unspecified atom stereocenters. The van der Waals surface area contributed by atoms with Crippen molar-refractivity contribution in [2.75, 3.05) is 7.11 Å². The molecular formula is C12H18O3Si. The summed E-state index contributed by atoms with van der Waals surface area (Å²) in [6.45, 7) is 5.53. The number of rotatable bonds is 5. The minimum atomic E-state index is -1.86. The zero-order chi connectivity index (χ0) is 12.2. The van der Waals surface area contributed by atoms with Gasteiger partial charge in [0.15, 0.2) is 5.91 Å². The molecule has 1 atom stereocenters. The van der Waals surface area contributed by atoms with E-state index < -0.39 is 20.2 Å². The number of hydrogen-bond donors (Lipinski definition) is 0. The molecule has 0 bridgehead atoms. The highest BCUT2D eigenvalue weighted by molar-refractivity contribution is 6.42. The van der Waals surface area contributed by atoms with Crippen molar-refractivity contribution in [1.29, 1.82) is 0 Å². The fraction of sp³-hybridized carbons (Fsp3) is 0.500. The summed E-state index contributed by atoms with van der Waals surface area (Å²) < 4.78 is 22.2. The molecule has 0 fully saturated rings. The van der Waals surface area contributed by atoms with Crippen LogP contribution in [0.4, 0.5) is 0 Å². The largest absolute Gasteiger partial charge is 0.383 e. The van der Waals surface area contributed by atoms with Crippen LogP contribution in [0.2, 0.25) is 6.55 Å². The van der Waals surface area contributed by atoms with Crippen LogP contribution in [-0.4, -0.2) is 21.7 Å². The molecule has 1 rings (SSSR count). The monoisotopic (exact) mass is 238 g/mol. The summed E-state index contributed by atoms with van der Waals surface area (Å²) >= 11 is 0. The SMILES string of the molecule is COC(OC(C)(C)c1ccccc1)[Si](C)=O. The van der Waals surface area contributed by atoms with Gasteiger partial charge in [-0.15, -0.1) is 0 Å². The van der Waals surface area contributed by atoms with Crippen LogP contribution < -0.4 is 0 Å². The second-order valence-corrected chi connectivity index (χ2v) is 5.87. The van der Waals surface area contributed by atoms with E-state index in [1.165, 1.54) is 7.11 Å². The molecule has 0 aliphatic heterocycles. The summed E-state index contributed by atoms with van der Waals surface area (Å²) in [6.07, 6.45) is 0. The first kappa shape index (κ1) is 13.2. The molecule has 0 amide bonds. The molecule has 88 valence electrons. The lowest BCUT2D eigenvalue weighted by atomic mass is 9.98. The molecule has 3 nitrogen and oxygen atoms in total. The van der Waals surface area contributed by atoms with Crippen molar-refractivity contribution in [3.63, 3.8) is 0 Å². The van der Waals surface area contributed by atoms with Crippen LogP contribution in [-0.2, 0) is 19.5 Å². The zero-order valence-corrected chi connectivity index (χ0v) is 11.2. The molecule has 1 aromatic rings. The summed E-state index contributed by atoms with van der Waals surface area (Å²) in [5.74, 6) is -0.625. The minimum Gasteiger partial charge on any atom is -0.383 e. The Morgan fingerprint density at radius 3 is 2.25 bits per heavy atom. The van der Waals surface area contributed by atoms with E-state index in [9.17, 15) is 4.46 Å². The van der Waals surface area contributed by atoms with E-state index in [2.05, 4.69) is 0 Å². The lowest BCUT2D eigenvalue weighted by Gasteiger charge is -2.29. The second kappa shape index (κ2) is 5.47. The highest BCUT2D eigenvalue weighted by atomic mass is 28.3. The van der Waals surface area contributed by atoms with Gasteiger partial charge in [-0.3, -0.25) is 0 Å². The lowest BCUT2D eigenvalue weighted by Crippen LogP contribution is -2.34. The Labute approximate surface area is 98.1 Å². The molecule has 0 heterocycles. The third kappa shape index (κ3) is 3.33. The predicted molar refractivity (Wildman–Crippen MR) is 63.7 cm³/mol. The third-order valence-electron chi connectivity index (χ3n) is 2.42. The molecule has 0 aliphatic carbocycles. The number of ether oxygens (including phenoxy) is 2. The van der Waals surface area contributed by atoms with Gasteiger partial charge in [-0.05, 0) is 26.0 Å². The molecule has 0 aliphatic rings. The van der Waals surface area contributed by atoms with E-state index in [0.29, 0.717) is 0 Å². The predicted octanol–water partition coefficient (Wildman–Crippen LogP) is 2.50. The summed E-state index contributed by atoms with van der Waals surface area (Å²) in [5, 5.41) is 0. The Kier molecular flexibility index (Phi) is 4.52. The second-order valence-electron chi connectivity index (χ2n) is 4.17. The van der Waals surface area contributed by atoms with Crippen LogP contribution in [0.15, 0.2) is 30.3 Å². The van der Waals surface area contributed by atoms with Crippen molar-refractivity contribution < 1.29 is 13.9 Å². The highest BCUT2D eigenvalue weighted by Gasteiger charge is 2.28. The van der Waals surface area contributed by atoms with E-state index in [4.69, 9.17) is 9.47 Å². The highest BCUT2D eigenvalue weighted by Crippen LogP contribution is 2.26. The van der Waals surface area contributed by atoms with E-state index in [-0.39, 0.29) is 0 Å². The zero-order valence-electron chi connectivity index (χ0n) is 10.2. The van der Waals surface area contributed by atoms with Crippen molar-refractivity contribution in [3.8, 4) is 0 Å². The first-order valence-corrected chi connectivity index (χ1v) is 7.22. The molecule has 4 heteroatoms. The Bertz CT molecular complexity index is 349. The molecule has 16 heavy (non-hydrogen) atoms. The van der Waals surface area contributed by atoms with Gasteiger partial charge in [0.25, 0.3) is 0 Å². The van der Waals surface area contributed by atoms with Gasteiger partial charge in [-0.25, -0.2) is 0 Å². The topological polar surface area (TPSA) is 35.5 Å². The maximum atomic E-state index is 11.4. The number of methoxy groups -OCH3 is 1. The van der Waals surface area contributed by atoms with Gasteiger partial charge in [0.1, 0.15) is 0 Å². The number of hydrogen-bond acceptors (Lipinski definition) is 3. The minimum absolute atomic E-state index is 0.502. The summed E-state index contributed by atoms with van der Waals surface area (Å²) in [6, 6.07) is 9.84. The fourth-order valence-corrected chi connectivity index (χ4v) is 2.26. The molecule has 0 radical (unpaired) electrons. The van der Waals surface area contributed by atoms with Gasteiger partial charge in [-0.1, -0.05) is 30.3 Å². The maximum Gasteiger partial charge on any atom is 0.334 e. The average Bonchev–Trinajstić information content (AvgIpc) is 2.27. The molecule has 0 saturated heterocycles. The lowest BCUT2D eigenvalue weighted by molar-refractivity contribution is -0.152. The van der Waals surface area contributed by atoms with Crippen molar-refractivity contribution >= 4 is 8.68 Å². The van der Waals surface area contributed by atoms with Crippen molar-refractivity contribution in [2.24, 2.45) is 0 Å². The third-order valence-corrected chi connectivity index (χ3v) is 3.43. The van der Waals surface area contributed by atoms with Gasteiger partial charge >= 0.3 is 8.68 Å². The normalized spacial score (nSPS) is 13.5. The van der Waals surface area contributed by atoms with Crippen LogP contribution >= 0.6 is 0 Å². The fourth-order valence-electron chi connectivity index (χ4n) is 1.47. The van der Waals surface area contributed by atoms with Gasteiger partial charge in [0.2, 0.25) is 0 Å². The van der Waals surface area contributed by atoms with Crippen LogP contribution in [0.25, 0.3) is 0 Å². The van der Waals surface area contributed by atoms with E-state index in [1.807, 2.05) is 44.2 Å². The molecule has 1 aromatic carbocycles. The maximum absolute atomic E-state index is 11.4. The molecule has 0 saturated carbocycles. The quantitative estimate of drug-likeness (QED) is 0.584. The average molecular weight is 238 g/mol. The Hall–Kier alpha value is -0.843. The standard InChI is InChI=1S/C12H18O3Si/c1-12(2,10-8-6-5-7-9-10)15-11(14-3)16(4)13/h5-9,11H,1-4H3. The van der Waals surface area contributed by atoms with Gasteiger partial charge in [0.05, 0.1) is 5.60 Å². The van der Waals surface area contributed by atoms with Crippen LogP contribution in [0.5, 0.6) is 0 Å². The van der Waals surface area contributed by atoms with E-state index >= 15 is 0 Å². The first-order chi connectivity index (χ1) is 7.47. The van der Waals surface area contributed by atoms with E-state index in [1.54, 1.807) is 6.55 Å². The Balaban J connectivity index is 2.82. The van der Waals surface area contributed by atoms with Crippen LogP contribution in [0.3, 0.4) is 0 Å². The molecule has 0 N–H and O–H groups in total. The van der Waals surface area contributed by atoms with Gasteiger partial charge < -0.3 is 13.9 Å². The van der Waals surface area contributed by atoms with Gasteiger partial charge in [0, 0.05) is 7.11 Å². The smallest absolute Gasteiger partial charge is 0.334 e. The summed E-state index contributed by atoms with van der Waals surface area (Å²) in [5.41, 5.74) is 0.540. The van der Waals surface area contributed by atoms with Crippen molar-refractivity contribution in [3.05, 3.63) is 35.9 Å². The molecule has 0 aromatic heterocycles. The Morgan fingerprint density at radius 1 is 1.25 bits per heavy atom. The molecular weight excluding hydrogens is 220 g/mol. The summed E-state index contributed by atoms with van der Waals surface area (Å²) in [7, 11) is -0.346. The van der Waals surface area contributed by atoms with Crippen LogP contribution in [0, 0.1) is 0 Å². The van der Waals surface area contributed by atoms with Crippen molar-refractivity contribution in [2.45, 2.75) is 31.9 Å². The molecule has 0 spiro atoms. The van der Waals surface area contributed by atoms with Gasteiger partial charge in [-0.2, -0.15) is 0 Å². The van der Waals surface area contributed by atoms with Crippen LogP contribution in [0.1, 0.15) is 19.4 Å². The first-order valence-electron chi connectivity index (χ1n) is 5.24. The van der Waals surface area contributed by atoms with E-state index in [0.717, 1.165) is 5.56 Å². The number of benzene rings is 1. The van der Waals surface area contributed by atoms with Crippen molar-refractivity contribution in [1.82, 2.24) is 0 Å². The Morgan fingerprint density at radius 2 is 1.81 bits per heavy atom. The summed E-state index contributed by atoms with van der Waals surface area (Å²) in [4.78, 5) is 0.